The molecule has 0 fully saturated rings. The minimum atomic E-state index is -0.427. The number of aryl methyl sites for hydroxylation is 1. The van der Waals surface area contributed by atoms with Crippen molar-refractivity contribution in [1.82, 2.24) is 4.90 Å². The van der Waals surface area contributed by atoms with E-state index in [2.05, 4.69) is 19.1 Å². The van der Waals surface area contributed by atoms with Crippen LogP contribution in [-0.2, 0) is 11.3 Å². The molecule has 0 spiro atoms. The molecule has 0 radical (unpaired) electrons. The van der Waals surface area contributed by atoms with Gasteiger partial charge in [0.2, 0.25) is 5.91 Å². The Bertz CT molecular complexity index is 363. The van der Waals surface area contributed by atoms with E-state index in [9.17, 15) is 4.79 Å². The van der Waals surface area contributed by atoms with E-state index in [1.54, 1.807) is 18.3 Å². The molecule has 1 rings (SSSR count). The second-order valence-electron chi connectivity index (χ2n) is 4.36. The smallest absolute Gasteiger partial charge is 0.239 e. The Kier molecular flexibility index (Phi) is 6.75. The first kappa shape index (κ1) is 16.4. The highest BCUT2D eigenvalue weighted by Crippen LogP contribution is 2.18. The predicted molar refractivity (Wildman–Crippen MR) is 75.6 cm³/mol. The van der Waals surface area contributed by atoms with Gasteiger partial charge in [-0.15, -0.1) is 23.7 Å². The summed E-state index contributed by atoms with van der Waals surface area (Å²) in [6.45, 7) is 8.50. The molecule has 1 aromatic heterocycles. The lowest BCUT2D eigenvalue weighted by molar-refractivity contribution is -0.134. The first-order valence-corrected chi connectivity index (χ1v) is 6.35. The van der Waals surface area contributed by atoms with Crippen LogP contribution < -0.4 is 5.73 Å². The summed E-state index contributed by atoms with van der Waals surface area (Å²) in [4.78, 5) is 16.2. The van der Waals surface area contributed by atoms with E-state index in [1.165, 1.54) is 9.75 Å². The molecule has 0 aliphatic heterocycles. The van der Waals surface area contributed by atoms with Crippen molar-refractivity contribution in [2.75, 3.05) is 0 Å². The van der Waals surface area contributed by atoms with Gasteiger partial charge in [-0.1, -0.05) is 0 Å². The molecule has 0 saturated carbocycles. The number of nitrogens with zero attached hydrogens (tertiary/aromatic N) is 1. The number of rotatable bonds is 4. The number of amides is 1. The number of carbonyl (C=O) groups is 1. The monoisotopic (exact) mass is 276 g/mol. The van der Waals surface area contributed by atoms with Crippen molar-refractivity contribution in [2.45, 2.75) is 46.3 Å². The third kappa shape index (κ3) is 4.66. The van der Waals surface area contributed by atoms with Gasteiger partial charge in [0, 0.05) is 15.8 Å². The molecule has 1 heterocycles. The summed E-state index contributed by atoms with van der Waals surface area (Å²) in [6.07, 6.45) is 0. The van der Waals surface area contributed by atoms with Crippen molar-refractivity contribution in [1.29, 1.82) is 0 Å². The van der Waals surface area contributed by atoms with Gasteiger partial charge in [-0.25, -0.2) is 0 Å². The Labute approximate surface area is 113 Å². The summed E-state index contributed by atoms with van der Waals surface area (Å²) in [6, 6.07) is 3.91. The standard InChI is InChI=1S/C12H20N2OS.ClH/c1-8(2)14(12(15)10(4)13)7-11-6-5-9(3)16-11;/h5-6,8,10H,7,13H2,1-4H3;1H/t10-;/m0./s1. The Morgan fingerprint density at radius 3 is 2.35 bits per heavy atom. The van der Waals surface area contributed by atoms with Gasteiger partial charge in [-0.3, -0.25) is 4.79 Å². The Hall–Kier alpha value is -0.580. The molecule has 3 nitrogen and oxygen atoms in total. The largest absolute Gasteiger partial charge is 0.334 e. The lowest BCUT2D eigenvalue weighted by atomic mass is 10.2. The zero-order valence-corrected chi connectivity index (χ0v) is 12.4. The van der Waals surface area contributed by atoms with Gasteiger partial charge >= 0.3 is 0 Å². The lowest BCUT2D eigenvalue weighted by Gasteiger charge is -2.27. The van der Waals surface area contributed by atoms with E-state index < -0.39 is 6.04 Å². The maximum Gasteiger partial charge on any atom is 0.239 e. The van der Waals surface area contributed by atoms with Crippen molar-refractivity contribution in [3.63, 3.8) is 0 Å². The van der Waals surface area contributed by atoms with Gasteiger partial charge in [-0.2, -0.15) is 0 Å². The number of nitrogens with two attached hydrogens (primary N) is 1. The van der Waals surface area contributed by atoms with Crippen molar-refractivity contribution in [3.8, 4) is 0 Å². The van der Waals surface area contributed by atoms with Crippen LogP contribution in [0.25, 0.3) is 0 Å². The van der Waals surface area contributed by atoms with Gasteiger partial charge < -0.3 is 10.6 Å². The van der Waals surface area contributed by atoms with Crippen LogP contribution in [0.2, 0.25) is 0 Å². The molecule has 0 unspecified atom stereocenters. The second kappa shape index (κ2) is 6.99. The molecule has 0 aliphatic carbocycles. The van der Waals surface area contributed by atoms with E-state index in [0.29, 0.717) is 6.54 Å². The molecule has 1 amide bonds. The fourth-order valence-electron chi connectivity index (χ4n) is 1.51. The average Bonchev–Trinajstić information content (AvgIpc) is 2.59. The normalized spacial score (nSPS) is 12.1. The number of thiophene rings is 1. The van der Waals surface area contributed by atoms with Gasteiger partial charge in [0.25, 0.3) is 0 Å². The second-order valence-corrected chi connectivity index (χ2v) is 5.73. The number of hydrogen-bond acceptors (Lipinski definition) is 3. The van der Waals surface area contributed by atoms with Crippen molar-refractivity contribution in [2.24, 2.45) is 5.73 Å². The van der Waals surface area contributed by atoms with Crippen LogP contribution in [0.1, 0.15) is 30.5 Å². The Balaban J connectivity index is 0.00000256. The molecule has 17 heavy (non-hydrogen) atoms. The molecule has 0 aromatic carbocycles. The summed E-state index contributed by atoms with van der Waals surface area (Å²) in [5.41, 5.74) is 5.65. The predicted octanol–water partition coefficient (Wildman–Crippen LogP) is 2.56. The van der Waals surface area contributed by atoms with Crippen molar-refractivity contribution in [3.05, 3.63) is 21.9 Å². The minimum absolute atomic E-state index is 0. The number of hydrogen-bond donors (Lipinski definition) is 1. The topological polar surface area (TPSA) is 46.3 Å². The fourth-order valence-corrected chi connectivity index (χ4v) is 2.40. The summed E-state index contributed by atoms with van der Waals surface area (Å²) >= 11 is 1.73. The lowest BCUT2D eigenvalue weighted by Crippen LogP contribution is -2.44. The fraction of sp³-hybridized carbons (Fsp3) is 0.583. The molecule has 5 heteroatoms. The van der Waals surface area contributed by atoms with Crippen molar-refractivity contribution >= 4 is 29.7 Å². The highest BCUT2D eigenvalue weighted by molar-refractivity contribution is 7.11. The number of carbonyl (C=O) groups excluding carboxylic acids is 1. The van der Waals surface area contributed by atoms with Gasteiger partial charge in [0.05, 0.1) is 12.6 Å². The van der Waals surface area contributed by atoms with E-state index in [1.807, 2.05) is 18.7 Å². The molecular formula is C12H21ClN2OS. The van der Waals surface area contributed by atoms with Gasteiger partial charge in [-0.05, 0) is 39.8 Å². The maximum atomic E-state index is 11.9. The zero-order chi connectivity index (χ0) is 12.3. The minimum Gasteiger partial charge on any atom is -0.334 e. The van der Waals surface area contributed by atoms with Crippen LogP contribution in [0.5, 0.6) is 0 Å². The van der Waals surface area contributed by atoms with Crippen LogP contribution in [-0.4, -0.2) is 22.9 Å². The molecule has 0 aliphatic rings. The summed E-state index contributed by atoms with van der Waals surface area (Å²) in [5, 5.41) is 0. The summed E-state index contributed by atoms with van der Waals surface area (Å²) in [5.74, 6) is 0.0149. The van der Waals surface area contributed by atoms with Crippen LogP contribution in [0.4, 0.5) is 0 Å². The molecule has 0 bridgehead atoms. The molecule has 98 valence electrons. The van der Waals surface area contributed by atoms with Gasteiger partial charge in [0.15, 0.2) is 0 Å². The molecular weight excluding hydrogens is 256 g/mol. The Morgan fingerprint density at radius 2 is 2.00 bits per heavy atom. The molecule has 1 aromatic rings. The molecule has 2 N–H and O–H groups in total. The third-order valence-electron chi connectivity index (χ3n) is 2.42. The van der Waals surface area contributed by atoms with E-state index in [4.69, 9.17) is 5.73 Å². The first-order valence-electron chi connectivity index (χ1n) is 5.53. The SMILES string of the molecule is Cc1ccc(CN(C(=O)[C@H](C)N)C(C)C)s1.Cl. The highest BCUT2D eigenvalue weighted by atomic mass is 35.5. The van der Waals surface area contributed by atoms with Crippen LogP contribution >= 0.6 is 23.7 Å². The molecule has 1 atom stereocenters. The van der Waals surface area contributed by atoms with E-state index in [0.717, 1.165) is 0 Å². The maximum absolute atomic E-state index is 11.9. The van der Waals surface area contributed by atoms with E-state index >= 15 is 0 Å². The van der Waals surface area contributed by atoms with Crippen LogP contribution in [0.3, 0.4) is 0 Å². The average molecular weight is 277 g/mol. The Morgan fingerprint density at radius 1 is 1.41 bits per heavy atom. The summed E-state index contributed by atoms with van der Waals surface area (Å²) in [7, 11) is 0. The van der Waals surface area contributed by atoms with Gasteiger partial charge in [0.1, 0.15) is 0 Å². The summed E-state index contributed by atoms with van der Waals surface area (Å²) < 4.78 is 0. The third-order valence-corrected chi connectivity index (χ3v) is 3.40. The van der Waals surface area contributed by atoms with Crippen LogP contribution in [0, 0.1) is 6.92 Å². The van der Waals surface area contributed by atoms with E-state index in [-0.39, 0.29) is 24.4 Å². The number of halogens is 1. The highest BCUT2D eigenvalue weighted by Gasteiger charge is 2.20. The quantitative estimate of drug-likeness (QED) is 0.919. The van der Waals surface area contributed by atoms with Crippen molar-refractivity contribution < 1.29 is 4.79 Å². The van der Waals surface area contributed by atoms with Crippen LogP contribution in [0.15, 0.2) is 12.1 Å². The first-order chi connectivity index (χ1) is 7.41. The zero-order valence-electron chi connectivity index (χ0n) is 10.8. The molecule has 0 saturated heterocycles.